The van der Waals surface area contributed by atoms with E-state index < -0.39 is 17.2 Å². The van der Waals surface area contributed by atoms with Gasteiger partial charge < -0.3 is 15.4 Å². The highest BCUT2D eigenvalue weighted by Gasteiger charge is 2.21. The molecule has 1 aromatic heterocycles. The molecule has 3 aromatic rings. The SMILES string of the molecule is CCCCn1c(N)c(N(C)C(=O)COc2ccccc2Cc2ccccc2)c(=O)[nH]c1=O. The number of aromatic nitrogens is 2. The number of nitrogens with zero attached hydrogens (tertiary/aromatic N) is 2. The predicted octanol–water partition coefficient (Wildman–Crippen LogP) is 2.55. The Bertz CT molecular complexity index is 1180. The van der Waals surface area contributed by atoms with E-state index in [1.165, 1.54) is 11.6 Å². The van der Waals surface area contributed by atoms with E-state index in [0.717, 1.165) is 22.4 Å². The summed E-state index contributed by atoms with van der Waals surface area (Å²) in [6.45, 7) is 2.06. The minimum atomic E-state index is -0.708. The van der Waals surface area contributed by atoms with Crippen molar-refractivity contribution >= 4 is 17.4 Å². The first-order chi connectivity index (χ1) is 15.4. The fourth-order valence-electron chi connectivity index (χ4n) is 3.41. The fourth-order valence-corrected chi connectivity index (χ4v) is 3.41. The molecule has 8 nitrogen and oxygen atoms in total. The molecule has 2 aromatic carbocycles. The molecule has 0 fully saturated rings. The molecule has 1 amide bonds. The van der Waals surface area contributed by atoms with Gasteiger partial charge in [-0.25, -0.2) is 4.79 Å². The van der Waals surface area contributed by atoms with Gasteiger partial charge in [0.2, 0.25) is 0 Å². The molecule has 0 saturated carbocycles. The molecule has 32 heavy (non-hydrogen) atoms. The number of unbranched alkanes of at least 4 members (excludes halogenated alkanes) is 1. The number of para-hydroxylation sites is 1. The molecule has 3 rings (SSSR count). The van der Waals surface area contributed by atoms with E-state index >= 15 is 0 Å². The topological polar surface area (TPSA) is 110 Å². The molecule has 3 N–H and O–H groups in total. The van der Waals surface area contributed by atoms with Gasteiger partial charge >= 0.3 is 5.69 Å². The summed E-state index contributed by atoms with van der Waals surface area (Å²) in [6.07, 6.45) is 2.23. The van der Waals surface area contributed by atoms with Crippen LogP contribution in [0, 0.1) is 0 Å². The Balaban J connectivity index is 1.77. The van der Waals surface area contributed by atoms with Crippen molar-refractivity contribution < 1.29 is 9.53 Å². The van der Waals surface area contributed by atoms with Crippen molar-refractivity contribution in [3.05, 3.63) is 86.6 Å². The first-order valence-corrected chi connectivity index (χ1v) is 10.6. The minimum absolute atomic E-state index is 0.0347. The smallest absolute Gasteiger partial charge is 0.330 e. The maximum atomic E-state index is 12.8. The molecule has 168 valence electrons. The molecule has 0 radical (unpaired) electrons. The fraction of sp³-hybridized carbons (Fsp3) is 0.292. The number of nitrogen functional groups attached to an aromatic ring is 1. The Morgan fingerprint density at radius 1 is 1.09 bits per heavy atom. The Morgan fingerprint density at radius 2 is 1.78 bits per heavy atom. The van der Waals surface area contributed by atoms with Gasteiger partial charge in [-0.3, -0.25) is 19.1 Å². The van der Waals surface area contributed by atoms with Gasteiger partial charge in [-0.1, -0.05) is 61.9 Å². The molecule has 0 unspecified atom stereocenters. The maximum absolute atomic E-state index is 12.8. The lowest BCUT2D eigenvalue weighted by Gasteiger charge is -2.21. The lowest BCUT2D eigenvalue weighted by molar-refractivity contribution is -0.120. The van der Waals surface area contributed by atoms with E-state index in [1.54, 1.807) is 6.07 Å². The van der Waals surface area contributed by atoms with Crippen LogP contribution in [-0.2, 0) is 17.8 Å². The molecule has 8 heteroatoms. The quantitative estimate of drug-likeness (QED) is 0.536. The Morgan fingerprint density at radius 3 is 2.50 bits per heavy atom. The van der Waals surface area contributed by atoms with E-state index in [2.05, 4.69) is 4.98 Å². The standard InChI is InChI=1S/C24H28N4O4/c1-3-4-14-28-22(25)21(23(30)26-24(28)31)27(2)20(29)16-32-19-13-9-8-12-18(19)15-17-10-6-5-7-11-17/h5-13H,3-4,14-16,25H2,1-2H3,(H,26,30,31). The molecule has 0 saturated heterocycles. The minimum Gasteiger partial charge on any atom is -0.483 e. The van der Waals surface area contributed by atoms with Crippen molar-refractivity contribution in [2.24, 2.45) is 0 Å². The van der Waals surface area contributed by atoms with Crippen molar-refractivity contribution in [1.29, 1.82) is 0 Å². The van der Waals surface area contributed by atoms with Gasteiger partial charge in [0.15, 0.2) is 12.3 Å². The van der Waals surface area contributed by atoms with Gasteiger partial charge in [0, 0.05) is 20.0 Å². The van der Waals surface area contributed by atoms with Crippen LogP contribution in [0.2, 0.25) is 0 Å². The van der Waals surface area contributed by atoms with Gasteiger partial charge in [0.25, 0.3) is 11.5 Å². The molecular formula is C24H28N4O4. The van der Waals surface area contributed by atoms with Crippen LogP contribution in [0.25, 0.3) is 0 Å². The number of H-pyrrole nitrogens is 1. The van der Waals surface area contributed by atoms with Gasteiger partial charge in [-0.2, -0.15) is 0 Å². The second-order valence-corrected chi connectivity index (χ2v) is 7.51. The third kappa shape index (κ3) is 5.26. The highest BCUT2D eigenvalue weighted by Crippen LogP contribution is 2.22. The van der Waals surface area contributed by atoms with E-state index in [0.29, 0.717) is 25.1 Å². The highest BCUT2D eigenvalue weighted by atomic mass is 16.5. The number of aromatic amines is 1. The number of likely N-dealkylation sites (N-methyl/N-ethyl adjacent to an activating group) is 1. The Kier molecular flexibility index (Phi) is 7.49. The van der Waals surface area contributed by atoms with E-state index in [4.69, 9.17) is 10.5 Å². The van der Waals surface area contributed by atoms with Crippen LogP contribution in [0.15, 0.2) is 64.2 Å². The van der Waals surface area contributed by atoms with Crippen LogP contribution in [0.5, 0.6) is 5.75 Å². The van der Waals surface area contributed by atoms with Gasteiger partial charge in [-0.15, -0.1) is 0 Å². The summed E-state index contributed by atoms with van der Waals surface area (Å²) in [7, 11) is 1.44. The monoisotopic (exact) mass is 436 g/mol. The van der Waals surface area contributed by atoms with Crippen molar-refractivity contribution in [3.8, 4) is 5.75 Å². The number of rotatable bonds is 9. The van der Waals surface area contributed by atoms with Gasteiger partial charge in [0.1, 0.15) is 11.6 Å². The average molecular weight is 437 g/mol. The molecule has 0 spiro atoms. The molecule has 0 aliphatic carbocycles. The second kappa shape index (κ2) is 10.5. The summed E-state index contributed by atoms with van der Waals surface area (Å²) in [5, 5.41) is 0. The number of ether oxygens (including phenoxy) is 1. The number of nitrogens with two attached hydrogens (primary N) is 1. The predicted molar refractivity (Wildman–Crippen MR) is 125 cm³/mol. The summed E-state index contributed by atoms with van der Waals surface area (Å²) in [6, 6.07) is 17.5. The number of benzene rings is 2. The molecule has 0 atom stereocenters. The molecule has 0 aliphatic heterocycles. The Labute approximate surface area is 186 Å². The van der Waals surface area contributed by atoms with Crippen molar-refractivity contribution in [3.63, 3.8) is 0 Å². The number of hydrogen-bond acceptors (Lipinski definition) is 5. The van der Waals surface area contributed by atoms with Crippen molar-refractivity contribution in [2.45, 2.75) is 32.7 Å². The van der Waals surface area contributed by atoms with Crippen LogP contribution < -0.4 is 26.6 Å². The molecule has 0 bridgehead atoms. The van der Waals surface area contributed by atoms with Crippen LogP contribution >= 0.6 is 0 Å². The van der Waals surface area contributed by atoms with Gasteiger partial charge in [0.05, 0.1) is 0 Å². The van der Waals surface area contributed by atoms with Gasteiger partial charge in [-0.05, 0) is 23.6 Å². The number of amides is 1. The lowest BCUT2D eigenvalue weighted by Crippen LogP contribution is -2.40. The third-order valence-corrected chi connectivity index (χ3v) is 5.22. The molecule has 1 heterocycles. The number of anilines is 2. The summed E-state index contributed by atoms with van der Waals surface area (Å²) in [5.74, 6) is 0.0952. The third-order valence-electron chi connectivity index (χ3n) is 5.22. The number of carbonyl (C=O) groups is 1. The van der Waals surface area contributed by atoms with E-state index in [9.17, 15) is 14.4 Å². The highest BCUT2D eigenvalue weighted by molar-refractivity contribution is 5.96. The summed E-state index contributed by atoms with van der Waals surface area (Å²) < 4.78 is 7.08. The normalized spacial score (nSPS) is 10.7. The Hall–Kier alpha value is -3.81. The number of carbonyl (C=O) groups excluding carboxylic acids is 1. The van der Waals surface area contributed by atoms with Crippen LogP contribution in [-0.4, -0.2) is 29.1 Å². The molecular weight excluding hydrogens is 408 g/mol. The lowest BCUT2D eigenvalue weighted by atomic mass is 10.0. The second-order valence-electron chi connectivity index (χ2n) is 7.51. The largest absolute Gasteiger partial charge is 0.483 e. The zero-order valence-corrected chi connectivity index (χ0v) is 18.3. The maximum Gasteiger partial charge on any atom is 0.330 e. The zero-order chi connectivity index (χ0) is 23.1. The number of nitrogens with one attached hydrogen (secondary N) is 1. The van der Waals surface area contributed by atoms with E-state index in [1.807, 2.05) is 55.5 Å². The van der Waals surface area contributed by atoms with E-state index in [-0.39, 0.29) is 18.1 Å². The summed E-state index contributed by atoms with van der Waals surface area (Å²) in [4.78, 5) is 40.7. The van der Waals surface area contributed by atoms with Crippen molar-refractivity contribution in [2.75, 3.05) is 24.3 Å². The first kappa shape index (κ1) is 22.9. The van der Waals surface area contributed by atoms with Crippen LogP contribution in [0.1, 0.15) is 30.9 Å². The molecule has 0 aliphatic rings. The van der Waals surface area contributed by atoms with Crippen LogP contribution in [0.4, 0.5) is 11.5 Å². The average Bonchev–Trinajstić information content (AvgIpc) is 2.78. The number of hydrogen-bond donors (Lipinski definition) is 2. The summed E-state index contributed by atoms with van der Waals surface area (Å²) >= 11 is 0. The summed E-state index contributed by atoms with van der Waals surface area (Å²) in [5.41, 5.74) is 6.80. The van der Waals surface area contributed by atoms with Crippen molar-refractivity contribution in [1.82, 2.24) is 9.55 Å². The first-order valence-electron chi connectivity index (χ1n) is 10.6. The van der Waals surface area contributed by atoms with Crippen LogP contribution in [0.3, 0.4) is 0 Å². The zero-order valence-electron chi connectivity index (χ0n) is 18.3.